The summed E-state index contributed by atoms with van der Waals surface area (Å²) < 4.78 is 0. The van der Waals surface area contributed by atoms with E-state index in [4.69, 9.17) is 0 Å². The van der Waals surface area contributed by atoms with E-state index >= 15 is 0 Å². The molecule has 2 unspecified atom stereocenters. The molecule has 0 radical (unpaired) electrons. The van der Waals surface area contributed by atoms with Crippen molar-refractivity contribution in [2.75, 3.05) is 30.0 Å². The van der Waals surface area contributed by atoms with Gasteiger partial charge in [-0.2, -0.15) is 0 Å². The molecule has 1 fully saturated rings. The fourth-order valence-corrected chi connectivity index (χ4v) is 3.56. The second-order valence-corrected chi connectivity index (χ2v) is 7.36. The number of aliphatic hydroxyl groups excluding tert-OH is 2. The molecule has 2 N–H and O–H groups in total. The molecule has 1 aromatic heterocycles. The van der Waals surface area contributed by atoms with E-state index in [0.717, 1.165) is 16.8 Å². The molecule has 27 heavy (non-hydrogen) atoms. The summed E-state index contributed by atoms with van der Waals surface area (Å²) in [4.78, 5) is 20.7. The predicted molar refractivity (Wildman–Crippen MR) is 107 cm³/mol. The third kappa shape index (κ3) is 3.96. The number of β-amino-alcohol motifs (C(OH)–C–C–N with tert-alkyl or cyclic N) is 1. The van der Waals surface area contributed by atoms with Crippen LogP contribution in [0.5, 0.6) is 0 Å². The topological polar surface area (TPSA) is 76.9 Å². The van der Waals surface area contributed by atoms with E-state index in [9.17, 15) is 15.0 Å². The van der Waals surface area contributed by atoms with Gasteiger partial charge in [0.15, 0.2) is 0 Å². The second kappa shape index (κ2) is 8.06. The Kier molecular flexibility index (Phi) is 5.77. The molecule has 1 amide bonds. The Bertz CT molecular complexity index is 795. The van der Waals surface area contributed by atoms with Gasteiger partial charge < -0.3 is 20.0 Å². The molecule has 1 aliphatic rings. The number of nitrogens with zero attached hydrogens (tertiary/aromatic N) is 3. The molecule has 144 valence electrons. The first-order valence-electron chi connectivity index (χ1n) is 9.31. The van der Waals surface area contributed by atoms with E-state index < -0.39 is 6.10 Å². The van der Waals surface area contributed by atoms with Crippen molar-refractivity contribution in [3.8, 4) is 11.1 Å². The van der Waals surface area contributed by atoms with Crippen molar-refractivity contribution in [2.24, 2.45) is 5.92 Å². The summed E-state index contributed by atoms with van der Waals surface area (Å²) in [6.45, 7) is 4.15. The van der Waals surface area contributed by atoms with Crippen molar-refractivity contribution in [2.45, 2.75) is 32.4 Å². The summed E-state index contributed by atoms with van der Waals surface area (Å²) in [5, 5.41) is 19.6. The van der Waals surface area contributed by atoms with Crippen LogP contribution < -0.4 is 9.80 Å². The van der Waals surface area contributed by atoms with E-state index in [2.05, 4.69) is 4.98 Å². The van der Waals surface area contributed by atoms with Gasteiger partial charge in [-0.25, -0.2) is 4.98 Å². The SMILES string of the molecule is CC(C)C(=O)N(C)c1cnc(N2CC(O)CC2CO)cc1-c1ccccc1. The Hall–Kier alpha value is -2.44. The molecule has 0 saturated carbocycles. The van der Waals surface area contributed by atoms with E-state index in [0.29, 0.717) is 18.8 Å². The minimum Gasteiger partial charge on any atom is -0.394 e. The molecular weight excluding hydrogens is 342 g/mol. The molecule has 6 heteroatoms. The molecule has 0 aliphatic carbocycles. The lowest BCUT2D eigenvalue weighted by Crippen LogP contribution is -2.34. The molecule has 3 rings (SSSR count). The Labute approximate surface area is 160 Å². The standard InChI is InChI=1S/C21H27N3O3/c1-14(2)21(27)23(3)19-11-22-20(24-12-17(26)9-16(24)13-25)10-18(19)15-7-5-4-6-8-15/h4-8,10-11,14,16-17,25-26H,9,12-13H2,1-3H3. The number of anilines is 2. The van der Waals surface area contributed by atoms with Crippen LogP contribution in [0, 0.1) is 5.92 Å². The summed E-state index contributed by atoms with van der Waals surface area (Å²) in [6, 6.07) is 11.6. The average Bonchev–Trinajstić information content (AvgIpc) is 3.07. The van der Waals surface area contributed by atoms with E-state index in [1.807, 2.05) is 55.1 Å². The molecule has 2 heterocycles. The summed E-state index contributed by atoms with van der Waals surface area (Å²) in [7, 11) is 1.77. The lowest BCUT2D eigenvalue weighted by molar-refractivity contribution is -0.121. The van der Waals surface area contributed by atoms with E-state index in [1.165, 1.54) is 0 Å². The normalized spacial score (nSPS) is 19.6. The van der Waals surface area contributed by atoms with Gasteiger partial charge in [0.2, 0.25) is 5.91 Å². The number of aromatic nitrogens is 1. The predicted octanol–water partition coefficient (Wildman–Crippen LogP) is 2.30. The van der Waals surface area contributed by atoms with Crippen LogP contribution >= 0.6 is 0 Å². The van der Waals surface area contributed by atoms with Crippen LogP contribution in [-0.4, -0.2) is 53.4 Å². The number of benzene rings is 1. The van der Waals surface area contributed by atoms with Gasteiger partial charge in [-0.3, -0.25) is 4.79 Å². The van der Waals surface area contributed by atoms with Gasteiger partial charge in [0.1, 0.15) is 5.82 Å². The number of amides is 1. The summed E-state index contributed by atoms with van der Waals surface area (Å²) >= 11 is 0. The first-order valence-corrected chi connectivity index (χ1v) is 9.31. The fourth-order valence-electron chi connectivity index (χ4n) is 3.56. The smallest absolute Gasteiger partial charge is 0.229 e. The molecule has 2 aromatic rings. The summed E-state index contributed by atoms with van der Waals surface area (Å²) in [5.41, 5.74) is 2.62. The van der Waals surface area contributed by atoms with Gasteiger partial charge in [-0.1, -0.05) is 44.2 Å². The molecule has 0 spiro atoms. The van der Waals surface area contributed by atoms with Crippen molar-refractivity contribution in [3.05, 3.63) is 42.6 Å². The number of aliphatic hydroxyl groups is 2. The first kappa shape index (κ1) is 19.3. The molecule has 2 atom stereocenters. The van der Waals surface area contributed by atoms with E-state index in [1.54, 1.807) is 18.1 Å². The highest BCUT2D eigenvalue weighted by Gasteiger charge is 2.32. The second-order valence-electron chi connectivity index (χ2n) is 7.36. The van der Waals surface area contributed by atoms with Crippen LogP contribution in [0.2, 0.25) is 0 Å². The van der Waals surface area contributed by atoms with Gasteiger partial charge in [-0.05, 0) is 18.1 Å². The zero-order chi connectivity index (χ0) is 19.6. The van der Waals surface area contributed by atoms with Crippen molar-refractivity contribution in [3.63, 3.8) is 0 Å². The van der Waals surface area contributed by atoms with Crippen molar-refractivity contribution < 1.29 is 15.0 Å². The fraction of sp³-hybridized carbons (Fsp3) is 0.429. The van der Waals surface area contributed by atoms with Crippen molar-refractivity contribution in [1.82, 2.24) is 4.98 Å². The lowest BCUT2D eigenvalue weighted by atomic mass is 10.0. The number of carbonyl (C=O) groups is 1. The van der Waals surface area contributed by atoms with Gasteiger partial charge in [0, 0.05) is 25.1 Å². The Morgan fingerprint density at radius 2 is 2.04 bits per heavy atom. The highest BCUT2D eigenvalue weighted by Crippen LogP contribution is 2.35. The zero-order valence-electron chi connectivity index (χ0n) is 16.0. The number of carbonyl (C=O) groups excluding carboxylic acids is 1. The van der Waals surface area contributed by atoms with Crippen molar-refractivity contribution in [1.29, 1.82) is 0 Å². The first-order chi connectivity index (χ1) is 12.9. The minimum absolute atomic E-state index is 0.0200. The molecule has 1 aromatic carbocycles. The molecule has 1 saturated heterocycles. The Morgan fingerprint density at radius 1 is 1.33 bits per heavy atom. The van der Waals surface area contributed by atoms with Crippen LogP contribution in [0.3, 0.4) is 0 Å². The molecule has 0 bridgehead atoms. The molecular formula is C21H27N3O3. The van der Waals surface area contributed by atoms with E-state index in [-0.39, 0.29) is 24.5 Å². The summed E-state index contributed by atoms with van der Waals surface area (Å²) in [6.07, 6.45) is 1.75. The van der Waals surface area contributed by atoms with Crippen LogP contribution in [0.15, 0.2) is 42.6 Å². The Morgan fingerprint density at radius 3 is 2.67 bits per heavy atom. The monoisotopic (exact) mass is 369 g/mol. The van der Waals surface area contributed by atoms with Gasteiger partial charge in [0.05, 0.1) is 30.6 Å². The third-order valence-electron chi connectivity index (χ3n) is 5.04. The summed E-state index contributed by atoms with van der Waals surface area (Å²) in [5.74, 6) is 0.593. The van der Waals surface area contributed by atoms with Gasteiger partial charge >= 0.3 is 0 Å². The molecule has 1 aliphatic heterocycles. The van der Waals surface area contributed by atoms with Crippen LogP contribution in [0.4, 0.5) is 11.5 Å². The maximum Gasteiger partial charge on any atom is 0.229 e. The quantitative estimate of drug-likeness (QED) is 0.846. The molecule has 6 nitrogen and oxygen atoms in total. The maximum atomic E-state index is 12.5. The highest BCUT2D eigenvalue weighted by atomic mass is 16.3. The maximum absolute atomic E-state index is 12.5. The van der Waals surface area contributed by atoms with Crippen LogP contribution in [0.1, 0.15) is 20.3 Å². The average molecular weight is 369 g/mol. The van der Waals surface area contributed by atoms with Gasteiger partial charge in [0.25, 0.3) is 0 Å². The third-order valence-corrected chi connectivity index (χ3v) is 5.04. The lowest BCUT2D eigenvalue weighted by Gasteiger charge is -2.27. The Balaban J connectivity index is 2.06. The number of hydrogen-bond acceptors (Lipinski definition) is 5. The zero-order valence-corrected chi connectivity index (χ0v) is 16.0. The number of rotatable bonds is 5. The highest BCUT2D eigenvalue weighted by molar-refractivity contribution is 5.98. The van der Waals surface area contributed by atoms with Crippen molar-refractivity contribution >= 4 is 17.4 Å². The number of hydrogen-bond donors (Lipinski definition) is 2. The minimum atomic E-state index is -0.478. The van der Waals surface area contributed by atoms with Gasteiger partial charge in [-0.15, -0.1) is 0 Å². The van der Waals surface area contributed by atoms with Crippen LogP contribution in [-0.2, 0) is 4.79 Å². The number of pyridine rings is 1. The largest absolute Gasteiger partial charge is 0.394 e. The van der Waals surface area contributed by atoms with Crippen LogP contribution in [0.25, 0.3) is 11.1 Å².